The average Bonchev–Trinajstić information content (AvgIpc) is 3.06. The second-order valence-corrected chi connectivity index (χ2v) is 5.82. The molecule has 0 saturated heterocycles. The molecule has 2 aromatic heterocycles. The minimum absolute atomic E-state index is 0.0991. The molecule has 0 bridgehead atoms. The van der Waals surface area contributed by atoms with Crippen LogP contribution in [0, 0.1) is 6.92 Å². The molecule has 2 aromatic rings. The van der Waals surface area contributed by atoms with Crippen molar-refractivity contribution in [2.45, 2.75) is 45.1 Å². The molecule has 1 aliphatic carbocycles. The number of aromatic nitrogens is 2. The topological polar surface area (TPSA) is 55.6 Å². The van der Waals surface area contributed by atoms with E-state index in [1.165, 1.54) is 12.8 Å². The number of fused-ring (bicyclic) bond motifs is 1. The van der Waals surface area contributed by atoms with Crippen molar-refractivity contribution >= 4 is 22.2 Å². The van der Waals surface area contributed by atoms with Crippen molar-refractivity contribution in [3.05, 3.63) is 23.0 Å². The zero-order valence-corrected chi connectivity index (χ0v) is 11.7. The van der Waals surface area contributed by atoms with Crippen LogP contribution in [-0.4, -0.2) is 21.4 Å². The molecule has 0 atom stereocenters. The Morgan fingerprint density at radius 1 is 1.58 bits per heavy atom. The van der Waals surface area contributed by atoms with Crippen LogP contribution in [-0.2, 0) is 16.1 Å². The summed E-state index contributed by atoms with van der Waals surface area (Å²) in [7, 11) is 0. The van der Waals surface area contributed by atoms with Crippen LogP contribution >= 0.6 is 11.3 Å². The van der Waals surface area contributed by atoms with E-state index in [-0.39, 0.29) is 12.0 Å². The fraction of sp³-hybridized carbons (Fsp3) is 0.538. The number of nitrogens with one attached hydrogen (secondary N) is 1. The second-order valence-electron chi connectivity index (χ2n) is 4.99. The first kappa shape index (κ1) is 12.6. The Bertz CT molecular complexity index is 584. The Balaban J connectivity index is 1.59. The van der Waals surface area contributed by atoms with Gasteiger partial charge < -0.3 is 0 Å². The average molecular weight is 279 g/mol. The predicted octanol–water partition coefficient (Wildman–Crippen LogP) is 2.24. The highest BCUT2D eigenvalue weighted by molar-refractivity contribution is 7.15. The molecule has 1 amide bonds. The van der Waals surface area contributed by atoms with Gasteiger partial charge in [-0.3, -0.25) is 14.0 Å². The van der Waals surface area contributed by atoms with Crippen molar-refractivity contribution in [1.29, 1.82) is 0 Å². The molecule has 1 saturated carbocycles. The molecule has 2 heterocycles. The van der Waals surface area contributed by atoms with Crippen LogP contribution in [0.5, 0.6) is 0 Å². The molecule has 1 aliphatic rings. The van der Waals surface area contributed by atoms with Crippen LogP contribution in [0.2, 0.25) is 0 Å². The zero-order chi connectivity index (χ0) is 13.2. The summed E-state index contributed by atoms with van der Waals surface area (Å²) in [4.78, 5) is 22.6. The Morgan fingerprint density at radius 3 is 3.16 bits per heavy atom. The number of hydrogen-bond donors (Lipinski definition) is 1. The Hall–Kier alpha value is -1.40. The highest BCUT2D eigenvalue weighted by Gasteiger charge is 2.17. The van der Waals surface area contributed by atoms with Gasteiger partial charge >= 0.3 is 0 Å². The molecular weight excluding hydrogens is 262 g/mol. The summed E-state index contributed by atoms with van der Waals surface area (Å²) in [6.07, 6.45) is 6.95. The van der Waals surface area contributed by atoms with Gasteiger partial charge in [0.15, 0.2) is 4.96 Å². The summed E-state index contributed by atoms with van der Waals surface area (Å²) in [6, 6.07) is 0. The van der Waals surface area contributed by atoms with Gasteiger partial charge in [0.25, 0.3) is 0 Å². The van der Waals surface area contributed by atoms with E-state index in [2.05, 4.69) is 10.5 Å². The minimum atomic E-state index is -0.0991. The SMILES string of the molecule is Cc1cn2c(CC(=O)NOC3CCCC3)csc2n1. The Morgan fingerprint density at radius 2 is 2.37 bits per heavy atom. The Labute approximate surface area is 115 Å². The second kappa shape index (κ2) is 5.30. The molecule has 19 heavy (non-hydrogen) atoms. The van der Waals surface area contributed by atoms with Crippen molar-refractivity contribution < 1.29 is 9.63 Å². The highest BCUT2D eigenvalue weighted by Crippen LogP contribution is 2.20. The van der Waals surface area contributed by atoms with Crippen LogP contribution in [0.1, 0.15) is 37.1 Å². The molecule has 102 valence electrons. The zero-order valence-electron chi connectivity index (χ0n) is 10.9. The van der Waals surface area contributed by atoms with Gasteiger partial charge in [0.05, 0.1) is 18.2 Å². The smallest absolute Gasteiger partial charge is 0.249 e. The summed E-state index contributed by atoms with van der Waals surface area (Å²) < 4.78 is 1.97. The number of carbonyl (C=O) groups is 1. The number of imidazole rings is 1. The minimum Gasteiger partial charge on any atom is -0.294 e. The molecule has 0 spiro atoms. The van der Waals surface area contributed by atoms with Gasteiger partial charge in [-0.1, -0.05) is 12.8 Å². The van der Waals surface area contributed by atoms with Crippen molar-refractivity contribution in [3.8, 4) is 0 Å². The predicted molar refractivity (Wildman–Crippen MR) is 73.0 cm³/mol. The van der Waals surface area contributed by atoms with Crippen LogP contribution in [0.15, 0.2) is 11.6 Å². The van der Waals surface area contributed by atoms with Crippen LogP contribution in [0.4, 0.5) is 0 Å². The monoisotopic (exact) mass is 279 g/mol. The Kier molecular flexibility index (Phi) is 3.52. The van der Waals surface area contributed by atoms with E-state index < -0.39 is 0 Å². The fourth-order valence-electron chi connectivity index (χ4n) is 2.42. The number of aryl methyl sites for hydroxylation is 1. The maximum atomic E-state index is 11.9. The molecule has 0 aliphatic heterocycles. The molecule has 1 fully saturated rings. The number of rotatable bonds is 4. The van der Waals surface area contributed by atoms with Crippen molar-refractivity contribution in [3.63, 3.8) is 0 Å². The fourth-order valence-corrected chi connectivity index (χ4v) is 3.34. The number of hydrogen-bond acceptors (Lipinski definition) is 4. The van der Waals surface area contributed by atoms with Crippen LogP contribution < -0.4 is 5.48 Å². The van der Waals surface area contributed by atoms with Crippen molar-refractivity contribution in [2.75, 3.05) is 0 Å². The van der Waals surface area contributed by atoms with Crippen molar-refractivity contribution in [2.24, 2.45) is 0 Å². The molecule has 5 nitrogen and oxygen atoms in total. The van der Waals surface area contributed by atoms with Crippen LogP contribution in [0.3, 0.4) is 0 Å². The van der Waals surface area contributed by atoms with Gasteiger partial charge in [0.1, 0.15) is 0 Å². The van der Waals surface area contributed by atoms with E-state index in [1.54, 1.807) is 11.3 Å². The van der Waals surface area contributed by atoms with E-state index >= 15 is 0 Å². The molecule has 0 unspecified atom stereocenters. The van der Waals surface area contributed by atoms with Crippen LogP contribution in [0.25, 0.3) is 4.96 Å². The lowest BCUT2D eigenvalue weighted by Gasteiger charge is -2.10. The number of thiazole rings is 1. The standard InChI is InChI=1S/C13H17N3O2S/c1-9-7-16-10(8-19-13(16)14-9)6-12(17)15-18-11-4-2-3-5-11/h7-8,11H,2-6H2,1H3,(H,15,17). The third-order valence-electron chi connectivity index (χ3n) is 3.39. The van der Waals surface area contributed by atoms with Gasteiger partial charge in [-0.25, -0.2) is 10.5 Å². The van der Waals surface area contributed by atoms with E-state index in [1.807, 2.05) is 22.9 Å². The maximum absolute atomic E-state index is 11.9. The molecule has 0 aromatic carbocycles. The number of amides is 1. The summed E-state index contributed by atoms with van der Waals surface area (Å²) in [6.45, 7) is 1.95. The number of hydroxylamine groups is 1. The van der Waals surface area contributed by atoms with Gasteiger partial charge in [-0.15, -0.1) is 11.3 Å². The van der Waals surface area contributed by atoms with Gasteiger partial charge in [0, 0.05) is 17.3 Å². The lowest BCUT2D eigenvalue weighted by atomic mass is 10.3. The third-order valence-corrected chi connectivity index (χ3v) is 4.28. The summed E-state index contributed by atoms with van der Waals surface area (Å²) in [5.41, 5.74) is 4.49. The first-order valence-corrected chi connectivity index (χ1v) is 7.47. The molecule has 1 N–H and O–H groups in total. The summed E-state index contributed by atoms with van der Waals surface area (Å²) in [5, 5.41) is 1.97. The highest BCUT2D eigenvalue weighted by atomic mass is 32.1. The van der Waals surface area contributed by atoms with Gasteiger partial charge in [-0.05, 0) is 19.8 Å². The number of nitrogens with zero attached hydrogens (tertiary/aromatic N) is 2. The summed E-state index contributed by atoms with van der Waals surface area (Å²) >= 11 is 1.55. The molecule has 0 radical (unpaired) electrons. The third kappa shape index (κ3) is 2.79. The molecule has 6 heteroatoms. The largest absolute Gasteiger partial charge is 0.294 e. The first-order chi connectivity index (χ1) is 9.22. The van der Waals surface area contributed by atoms with E-state index in [0.29, 0.717) is 6.42 Å². The molecule has 3 rings (SSSR count). The molecular formula is C13H17N3O2S. The lowest BCUT2D eigenvalue weighted by Crippen LogP contribution is -2.29. The maximum Gasteiger partial charge on any atom is 0.249 e. The normalized spacial score (nSPS) is 16.3. The number of carbonyl (C=O) groups excluding carboxylic acids is 1. The van der Waals surface area contributed by atoms with Crippen molar-refractivity contribution in [1.82, 2.24) is 14.9 Å². The van der Waals surface area contributed by atoms with E-state index in [4.69, 9.17) is 4.84 Å². The summed E-state index contributed by atoms with van der Waals surface area (Å²) in [5.74, 6) is -0.0991. The van der Waals surface area contributed by atoms with E-state index in [9.17, 15) is 4.79 Å². The quantitative estimate of drug-likeness (QED) is 0.873. The lowest BCUT2D eigenvalue weighted by molar-refractivity contribution is -0.137. The van der Waals surface area contributed by atoms with Gasteiger partial charge in [-0.2, -0.15) is 0 Å². The van der Waals surface area contributed by atoms with E-state index in [0.717, 1.165) is 29.2 Å². The first-order valence-electron chi connectivity index (χ1n) is 6.59. The van der Waals surface area contributed by atoms with Gasteiger partial charge in [0.2, 0.25) is 5.91 Å².